The molecule has 1 amide bonds. The molecule has 23 heavy (non-hydrogen) atoms. The van der Waals surface area contributed by atoms with Crippen molar-refractivity contribution in [1.82, 2.24) is 5.32 Å². The van der Waals surface area contributed by atoms with Crippen LogP contribution in [0.4, 0.5) is 0 Å². The quantitative estimate of drug-likeness (QED) is 0.647. The van der Waals surface area contributed by atoms with E-state index in [2.05, 4.69) is 10.1 Å². The van der Waals surface area contributed by atoms with E-state index < -0.39 is 0 Å². The van der Waals surface area contributed by atoms with Crippen molar-refractivity contribution in [3.63, 3.8) is 0 Å². The number of Topliss-reactive ketones (excluding diaryl/α,β-unsaturated/α-hetero) is 1. The molecular formula is C18H23NO4. The van der Waals surface area contributed by atoms with Crippen LogP contribution in [0.25, 0.3) is 0 Å². The summed E-state index contributed by atoms with van der Waals surface area (Å²) in [7, 11) is 1.31. The van der Waals surface area contributed by atoms with Gasteiger partial charge >= 0.3 is 5.97 Å². The summed E-state index contributed by atoms with van der Waals surface area (Å²) >= 11 is 0. The van der Waals surface area contributed by atoms with Crippen LogP contribution in [0.5, 0.6) is 0 Å². The van der Waals surface area contributed by atoms with Gasteiger partial charge in [-0.05, 0) is 25.0 Å². The lowest BCUT2D eigenvalue weighted by atomic mass is 9.84. The molecule has 1 aromatic carbocycles. The maximum Gasteiger partial charge on any atom is 0.307 e. The number of benzene rings is 1. The molecule has 0 aromatic heterocycles. The highest BCUT2D eigenvalue weighted by molar-refractivity contribution is 6.00. The molecule has 0 aliphatic heterocycles. The van der Waals surface area contributed by atoms with Gasteiger partial charge in [-0.25, -0.2) is 0 Å². The second-order valence-corrected chi connectivity index (χ2v) is 5.86. The van der Waals surface area contributed by atoms with Crippen molar-refractivity contribution in [2.24, 2.45) is 5.92 Å². The largest absolute Gasteiger partial charge is 0.469 e. The summed E-state index contributed by atoms with van der Waals surface area (Å²) < 4.78 is 4.51. The Morgan fingerprint density at radius 3 is 2.26 bits per heavy atom. The van der Waals surface area contributed by atoms with Crippen LogP contribution in [-0.2, 0) is 9.53 Å². The third-order valence-electron chi connectivity index (χ3n) is 4.25. The van der Waals surface area contributed by atoms with Crippen molar-refractivity contribution in [1.29, 1.82) is 0 Å². The third-order valence-corrected chi connectivity index (χ3v) is 4.25. The average Bonchev–Trinajstić information content (AvgIpc) is 2.61. The number of amides is 1. The van der Waals surface area contributed by atoms with Crippen LogP contribution in [-0.4, -0.2) is 31.3 Å². The zero-order valence-corrected chi connectivity index (χ0v) is 13.5. The molecule has 0 bridgehead atoms. The Kier molecular flexibility index (Phi) is 6.32. The molecule has 1 aliphatic carbocycles. The number of carbonyl (C=O) groups excluding carboxylic acids is 3. The predicted molar refractivity (Wildman–Crippen MR) is 86.3 cm³/mol. The zero-order chi connectivity index (χ0) is 16.7. The molecule has 5 nitrogen and oxygen atoms in total. The molecule has 124 valence electrons. The van der Waals surface area contributed by atoms with Gasteiger partial charge in [0.1, 0.15) is 0 Å². The first-order chi connectivity index (χ1) is 11.1. The molecule has 1 aromatic rings. The molecule has 5 heteroatoms. The molecule has 0 spiro atoms. The van der Waals surface area contributed by atoms with Crippen molar-refractivity contribution in [3.05, 3.63) is 35.4 Å². The number of esters is 1. The van der Waals surface area contributed by atoms with Crippen LogP contribution >= 0.6 is 0 Å². The van der Waals surface area contributed by atoms with E-state index in [0.717, 1.165) is 25.7 Å². The van der Waals surface area contributed by atoms with Gasteiger partial charge in [-0.1, -0.05) is 31.4 Å². The number of carbonyl (C=O) groups is 3. The van der Waals surface area contributed by atoms with Crippen LogP contribution in [0.1, 0.15) is 59.2 Å². The van der Waals surface area contributed by atoms with Crippen molar-refractivity contribution in [3.8, 4) is 0 Å². The highest BCUT2D eigenvalue weighted by Crippen LogP contribution is 2.26. The van der Waals surface area contributed by atoms with E-state index in [4.69, 9.17) is 0 Å². The van der Waals surface area contributed by atoms with Crippen molar-refractivity contribution in [2.75, 3.05) is 13.7 Å². The van der Waals surface area contributed by atoms with E-state index in [1.54, 1.807) is 24.3 Å². The molecule has 0 atom stereocenters. The van der Waals surface area contributed by atoms with Crippen LogP contribution in [0, 0.1) is 5.92 Å². The van der Waals surface area contributed by atoms with Crippen LogP contribution in [0.3, 0.4) is 0 Å². The molecule has 0 radical (unpaired) electrons. The van der Waals surface area contributed by atoms with Gasteiger partial charge in [0, 0.05) is 23.6 Å². The van der Waals surface area contributed by atoms with Crippen LogP contribution in [0.2, 0.25) is 0 Å². The Hall–Kier alpha value is -2.17. The average molecular weight is 317 g/mol. The number of methoxy groups -OCH3 is 1. The highest BCUT2D eigenvalue weighted by Gasteiger charge is 2.22. The first-order valence-corrected chi connectivity index (χ1v) is 8.11. The smallest absolute Gasteiger partial charge is 0.307 e. The van der Waals surface area contributed by atoms with Gasteiger partial charge in [0.25, 0.3) is 5.91 Å². The van der Waals surface area contributed by atoms with Crippen molar-refractivity contribution >= 4 is 17.7 Å². The van der Waals surface area contributed by atoms with Gasteiger partial charge in [0.2, 0.25) is 0 Å². The maximum atomic E-state index is 12.4. The van der Waals surface area contributed by atoms with Crippen molar-refractivity contribution in [2.45, 2.75) is 38.5 Å². The van der Waals surface area contributed by atoms with Gasteiger partial charge in [-0.2, -0.15) is 0 Å². The van der Waals surface area contributed by atoms with E-state index in [1.807, 2.05) is 0 Å². The lowest BCUT2D eigenvalue weighted by Crippen LogP contribution is -2.26. The summed E-state index contributed by atoms with van der Waals surface area (Å²) in [6, 6.07) is 6.74. The maximum absolute atomic E-state index is 12.4. The summed E-state index contributed by atoms with van der Waals surface area (Å²) in [6.45, 7) is 0.230. The Morgan fingerprint density at radius 1 is 1.04 bits per heavy atom. The Balaban J connectivity index is 1.89. The summed E-state index contributed by atoms with van der Waals surface area (Å²) in [5.41, 5.74) is 1.15. The van der Waals surface area contributed by atoms with Gasteiger partial charge in [-0.15, -0.1) is 0 Å². The fraction of sp³-hybridized carbons (Fsp3) is 0.500. The van der Waals surface area contributed by atoms with Gasteiger partial charge in [0.05, 0.1) is 13.5 Å². The summed E-state index contributed by atoms with van der Waals surface area (Å²) in [6.07, 6.45) is 5.53. The molecule has 1 aliphatic rings. The van der Waals surface area contributed by atoms with E-state index in [-0.39, 0.29) is 36.5 Å². The van der Waals surface area contributed by atoms with Gasteiger partial charge < -0.3 is 10.1 Å². The molecular weight excluding hydrogens is 294 g/mol. The first-order valence-electron chi connectivity index (χ1n) is 8.11. The molecule has 0 saturated heterocycles. The summed E-state index contributed by atoms with van der Waals surface area (Å²) in [4.78, 5) is 35.3. The topological polar surface area (TPSA) is 72.5 Å². The fourth-order valence-corrected chi connectivity index (χ4v) is 2.87. The molecule has 1 saturated carbocycles. The fourth-order valence-electron chi connectivity index (χ4n) is 2.87. The number of ether oxygens (including phenoxy) is 1. The normalized spacial score (nSPS) is 15.0. The second kappa shape index (κ2) is 8.46. The van der Waals surface area contributed by atoms with Crippen molar-refractivity contribution < 1.29 is 19.1 Å². The summed E-state index contributed by atoms with van der Waals surface area (Å²) in [5.74, 6) is -0.310. The number of ketones is 1. The van der Waals surface area contributed by atoms with Gasteiger partial charge in [0.15, 0.2) is 5.78 Å². The molecule has 1 N–H and O–H groups in total. The lowest BCUT2D eigenvalue weighted by Gasteiger charge is -2.20. The Labute approximate surface area is 136 Å². The standard InChI is InChI=1S/C18H23NO4/c1-23-16(20)11-12-19-18(22)15-9-7-14(8-10-15)17(21)13-5-3-2-4-6-13/h7-10,13H,2-6,11-12H2,1H3,(H,19,22). The third kappa shape index (κ3) is 4.91. The number of rotatable bonds is 6. The second-order valence-electron chi connectivity index (χ2n) is 5.86. The SMILES string of the molecule is COC(=O)CCNC(=O)c1ccc(C(=O)C2CCCCC2)cc1. The lowest BCUT2D eigenvalue weighted by molar-refractivity contribution is -0.140. The monoisotopic (exact) mass is 317 g/mol. The highest BCUT2D eigenvalue weighted by atomic mass is 16.5. The zero-order valence-electron chi connectivity index (χ0n) is 13.5. The predicted octanol–water partition coefficient (Wildman–Crippen LogP) is 2.74. The minimum Gasteiger partial charge on any atom is -0.469 e. The number of hydrogen-bond acceptors (Lipinski definition) is 4. The van der Waals surface area contributed by atoms with Gasteiger partial charge in [-0.3, -0.25) is 14.4 Å². The van der Waals surface area contributed by atoms with Crippen LogP contribution in [0.15, 0.2) is 24.3 Å². The number of nitrogens with one attached hydrogen (secondary N) is 1. The Morgan fingerprint density at radius 2 is 1.65 bits per heavy atom. The molecule has 0 unspecified atom stereocenters. The number of hydrogen-bond donors (Lipinski definition) is 1. The minimum atomic E-state index is -0.362. The first kappa shape index (κ1) is 17.2. The minimum absolute atomic E-state index is 0.128. The van der Waals surface area contributed by atoms with Crippen LogP contribution < -0.4 is 5.32 Å². The molecule has 0 heterocycles. The van der Waals surface area contributed by atoms with E-state index in [9.17, 15) is 14.4 Å². The molecule has 2 rings (SSSR count). The summed E-state index contributed by atoms with van der Waals surface area (Å²) in [5, 5.41) is 2.65. The Bertz CT molecular complexity index is 559. The van der Waals surface area contributed by atoms with E-state index >= 15 is 0 Å². The molecule has 1 fully saturated rings. The van der Waals surface area contributed by atoms with E-state index in [1.165, 1.54) is 13.5 Å². The van der Waals surface area contributed by atoms with E-state index in [0.29, 0.717) is 11.1 Å².